The summed E-state index contributed by atoms with van der Waals surface area (Å²) in [5, 5.41) is 4.36. The minimum Gasteiger partial charge on any atom is -0.496 e. The minimum absolute atomic E-state index is 0.374. The van der Waals surface area contributed by atoms with E-state index in [-0.39, 0.29) is 0 Å². The van der Waals surface area contributed by atoms with Crippen LogP contribution in [0.2, 0.25) is 5.02 Å². The van der Waals surface area contributed by atoms with Crippen LogP contribution in [0.3, 0.4) is 0 Å². The fourth-order valence-corrected chi connectivity index (χ4v) is 3.76. The van der Waals surface area contributed by atoms with Gasteiger partial charge in [-0.3, -0.25) is 0 Å². The Bertz CT molecular complexity index is 659. The number of rotatable bonds is 4. The lowest BCUT2D eigenvalue weighted by molar-refractivity contribution is 0.405. The topological polar surface area (TPSA) is 21.3 Å². The Balaban J connectivity index is 1.78. The maximum Gasteiger partial charge on any atom is 0.124 e. The van der Waals surface area contributed by atoms with E-state index in [1.165, 1.54) is 15.6 Å². The van der Waals surface area contributed by atoms with Crippen molar-refractivity contribution < 1.29 is 4.74 Å². The summed E-state index contributed by atoms with van der Waals surface area (Å²) in [4.78, 5) is 0. The average molecular weight is 367 g/mol. The zero-order valence-electron chi connectivity index (χ0n) is 11.8. The number of nitrogens with one attached hydrogen (secondary N) is 1. The molecule has 0 saturated heterocycles. The summed E-state index contributed by atoms with van der Waals surface area (Å²) in [6.07, 6.45) is 2.22. The Kier molecular flexibility index (Phi) is 4.53. The Morgan fingerprint density at radius 2 is 2.10 bits per heavy atom. The van der Waals surface area contributed by atoms with Gasteiger partial charge in [-0.25, -0.2) is 0 Å². The number of ether oxygens (including phenoxy) is 1. The quantitative estimate of drug-likeness (QED) is 0.832. The van der Waals surface area contributed by atoms with Crippen molar-refractivity contribution in [1.29, 1.82) is 0 Å². The van der Waals surface area contributed by atoms with Crippen LogP contribution in [0.25, 0.3) is 0 Å². The van der Waals surface area contributed by atoms with Crippen molar-refractivity contribution in [3.63, 3.8) is 0 Å². The Morgan fingerprint density at radius 1 is 1.29 bits per heavy atom. The molecule has 1 unspecified atom stereocenters. The molecular weight excluding hydrogens is 350 g/mol. The number of hydrogen-bond donors (Lipinski definition) is 1. The van der Waals surface area contributed by atoms with Crippen LogP contribution in [-0.4, -0.2) is 7.11 Å². The van der Waals surface area contributed by atoms with Crippen LogP contribution in [0.15, 0.2) is 40.9 Å². The molecule has 3 rings (SSSR count). The molecular formula is C17H17BrClNO. The third kappa shape index (κ3) is 2.96. The van der Waals surface area contributed by atoms with Crippen molar-refractivity contribution in [3.05, 3.63) is 62.6 Å². The molecule has 110 valence electrons. The minimum atomic E-state index is 0.374. The van der Waals surface area contributed by atoms with Gasteiger partial charge in [-0.05, 0) is 42.2 Å². The molecule has 2 aromatic carbocycles. The summed E-state index contributed by atoms with van der Waals surface area (Å²) in [7, 11) is 1.68. The molecule has 2 aromatic rings. The van der Waals surface area contributed by atoms with E-state index in [1.54, 1.807) is 7.11 Å². The lowest BCUT2D eigenvalue weighted by Crippen LogP contribution is -2.19. The van der Waals surface area contributed by atoms with E-state index >= 15 is 0 Å². The van der Waals surface area contributed by atoms with E-state index in [1.807, 2.05) is 18.2 Å². The van der Waals surface area contributed by atoms with Gasteiger partial charge in [-0.15, -0.1) is 0 Å². The number of hydrogen-bond acceptors (Lipinski definition) is 2. The van der Waals surface area contributed by atoms with E-state index in [0.29, 0.717) is 12.6 Å². The van der Waals surface area contributed by atoms with Crippen molar-refractivity contribution in [2.45, 2.75) is 25.4 Å². The Labute approximate surface area is 138 Å². The monoisotopic (exact) mass is 365 g/mol. The fourth-order valence-electron chi connectivity index (χ4n) is 2.95. The maximum absolute atomic E-state index is 6.29. The van der Waals surface area contributed by atoms with Gasteiger partial charge >= 0.3 is 0 Å². The van der Waals surface area contributed by atoms with Crippen molar-refractivity contribution in [1.82, 2.24) is 5.32 Å². The highest BCUT2D eigenvalue weighted by Crippen LogP contribution is 2.36. The van der Waals surface area contributed by atoms with Crippen LogP contribution >= 0.6 is 27.5 Å². The SMILES string of the molecule is COc1cccc(Cl)c1CNC1CCc2c(Br)cccc21. The first-order valence-electron chi connectivity index (χ1n) is 7.02. The van der Waals surface area contributed by atoms with E-state index in [2.05, 4.69) is 39.4 Å². The van der Waals surface area contributed by atoms with Crippen LogP contribution in [0.1, 0.15) is 29.2 Å². The van der Waals surface area contributed by atoms with E-state index < -0.39 is 0 Å². The number of fused-ring (bicyclic) bond motifs is 1. The normalized spacial score (nSPS) is 16.8. The van der Waals surface area contributed by atoms with Gasteiger partial charge in [0.25, 0.3) is 0 Å². The summed E-state index contributed by atoms with van der Waals surface area (Å²) in [6.45, 7) is 0.708. The molecule has 0 fully saturated rings. The Morgan fingerprint density at radius 3 is 2.90 bits per heavy atom. The van der Waals surface area contributed by atoms with Crippen LogP contribution in [0.4, 0.5) is 0 Å². The number of halogens is 2. The van der Waals surface area contributed by atoms with Gasteiger partial charge in [0, 0.05) is 27.6 Å². The molecule has 1 aliphatic carbocycles. The average Bonchev–Trinajstić information content (AvgIpc) is 2.90. The second-order valence-electron chi connectivity index (χ2n) is 5.20. The van der Waals surface area contributed by atoms with Gasteiger partial charge in [0.2, 0.25) is 0 Å². The van der Waals surface area contributed by atoms with Crippen LogP contribution in [0, 0.1) is 0 Å². The molecule has 0 heterocycles. The van der Waals surface area contributed by atoms with Gasteiger partial charge < -0.3 is 10.1 Å². The van der Waals surface area contributed by atoms with Crippen molar-refractivity contribution >= 4 is 27.5 Å². The summed E-state index contributed by atoms with van der Waals surface area (Å²) in [5.74, 6) is 0.836. The first kappa shape index (κ1) is 14.9. The molecule has 0 aliphatic heterocycles. The third-order valence-corrected chi connectivity index (χ3v) is 5.13. The highest BCUT2D eigenvalue weighted by molar-refractivity contribution is 9.10. The third-order valence-electron chi connectivity index (χ3n) is 4.03. The highest BCUT2D eigenvalue weighted by Gasteiger charge is 2.23. The molecule has 1 atom stereocenters. The smallest absolute Gasteiger partial charge is 0.124 e. The molecule has 4 heteroatoms. The zero-order chi connectivity index (χ0) is 14.8. The van der Waals surface area contributed by atoms with Crippen molar-refractivity contribution in [3.8, 4) is 5.75 Å². The lowest BCUT2D eigenvalue weighted by atomic mass is 10.1. The zero-order valence-corrected chi connectivity index (χ0v) is 14.2. The summed E-state index contributed by atoms with van der Waals surface area (Å²) in [6, 6.07) is 12.5. The predicted octanol–water partition coefficient (Wildman–Crippen LogP) is 4.89. The summed E-state index contributed by atoms with van der Waals surface area (Å²) in [5.41, 5.74) is 3.82. The first-order valence-corrected chi connectivity index (χ1v) is 8.20. The lowest BCUT2D eigenvalue weighted by Gasteiger charge is -2.17. The molecule has 21 heavy (non-hydrogen) atoms. The molecule has 0 radical (unpaired) electrons. The highest BCUT2D eigenvalue weighted by atomic mass is 79.9. The molecule has 0 spiro atoms. The number of benzene rings is 2. The van der Waals surface area contributed by atoms with Crippen molar-refractivity contribution in [2.24, 2.45) is 0 Å². The van der Waals surface area contributed by atoms with Gasteiger partial charge in [0.05, 0.1) is 7.11 Å². The van der Waals surface area contributed by atoms with Crippen LogP contribution in [-0.2, 0) is 13.0 Å². The van der Waals surface area contributed by atoms with Gasteiger partial charge in [0.1, 0.15) is 5.75 Å². The van der Waals surface area contributed by atoms with Gasteiger partial charge in [-0.2, -0.15) is 0 Å². The van der Waals surface area contributed by atoms with Crippen LogP contribution in [0.5, 0.6) is 5.75 Å². The van der Waals surface area contributed by atoms with E-state index in [0.717, 1.165) is 29.2 Å². The first-order chi connectivity index (χ1) is 10.2. The largest absolute Gasteiger partial charge is 0.496 e. The van der Waals surface area contributed by atoms with Crippen molar-refractivity contribution in [2.75, 3.05) is 7.11 Å². The second kappa shape index (κ2) is 6.39. The van der Waals surface area contributed by atoms with Crippen LogP contribution < -0.4 is 10.1 Å². The summed E-state index contributed by atoms with van der Waals surface area (Å²) >= 11 is 9.93. The maximum atomic E-state index is 6.29. The molecule has 1 aliphatic rings. The summed E-state index contributed by atoms with van der Waals surface area (Å²) < 4.78 is 6.61. The second-order valence-corrected chi connectivity index (χ2v) is 6.46. The fraction of sp³-hybridized carbons (Fsp3) is 0.294. The van der Waals surface area contributed by atoms with Gasteiger partial charge in [-0.1, -0.05) is 45.7 Å². The van der Waals surface area contributed by atoms with Gasteiger partial charge in [0.15, 0.2) is 0 Å². The standard InChI is InChI=1S/C17H17BrClNO/c1-21-17-7-3-6-15(19)13(17)10-20-16-9-8-11-12(16)4-2-5-14(11)18/h2-7,16,20H,8-10H2,1H3. The number of methoxy groups -OCH3 is 1. The molecule has 1 N–H and O–H groups in total. The Hall–Kier alpha value is -1.03. The molecule has 2 nitrogen and oxygen atoms in total. The molecule has 0 aromatic heterocycles. The molecule has 0 bridgehead atoms. The van der Waals surface area contributed by atoms with E-state index in [4.69, 9.17) is 16.3 Å². The molecule has 0 amide bonds. The molecule has 0 saturated carbocycles. The predicted molar refractivity (Wildman–Crippen MR) is 90.0 cm³/mol. The van der Waals surface area contributed by atoms with E-state index in [9.17, 15) is 0 Å².